The zero-order valence-corrected chi connectivity index (χ0v) is 17.4. The number of carbonyl (C=O) groups is 1. The highest BCUT2D eigenvalue weighted by Crippen LogP contribution is 2.46. The van der Waals surface area contributed by atoms with Crippen molar-refractivity contribution in [1.82, 2.24) is 4.98 Å². The molecule has 0 saturated carbocycles. The van der Waals surface area contributed by atoms with Gasteiger partial charge in [0, 0.05) is 10.8 Å². The van der Waals surface area contributed by atoms with Gasteiger partial charge in [0.2, 0.25) is 0 Å². The van der Waals surface area contributed by atoms with Gasteiger partial charge in [0.1, 0.15) is 5.76 Å². The van der Waals surface area contributed by atoms with Crippen molar-refractivity contribution in [3.05, 3.63) is 34.9 Å². The fraction of sp³-hybridized carbons (Fsp3) is 0.524. The SMILES string of the molecule is CCCCCCC[C@H]1C(Sc2nc3ccccc3s2)=C(C)O[C@@H]1C(C)=O. The lowest BCUT2D eigenvalue weighted by Gasteiger charge is -2.18. The maximum Gasteiger partial charge on any atom is 0.170 e. The number of ketones is 1. The third kappa shape index (κ3) is 4.49. The Kier molecular flexibility index (Phi) is 6.76. The molecule has 1 aliphatic rings. The quantitative estimate of drug-likeness (QED) is 0.454. The van der Waals surface area contributed by atoms with Crippen LogP contribution < -0.4 is 0 Å². The Hall–Kier alpha value is -1.33. The smallest absolute Gasteiger partial charge is 0.170 e. The average Bonchev–Trinajstić information content (AvgIpc) is 3.16. The minimum Gasteiger partial charge on any atom is -0.486 e. The van der Waals surface area contributed by atoms with Gasteiger partial charge >= 0.3 is 0 Å². The molecule has 0 spiro atoms. The lowest BCUT2D eigenvalue weighted by atomic mass is 9.93. The number of para-hydroxylation sites is 1. The first-order valence-corrected chi connectivity index (χ1v) is 11.1. The van der Waals surface area contributed by atoms with Gasteiger partial charge in [-0.2, -0.15) is 0 Å². The summed E-state index contributed by atoms with van der Waals surface area (Å²) in [6.07, 6.45) is 6.89. The number of unbranched alkanes of at least 4 members (excludes halogenated alkanes) is 4. The molecule has 0 bridgehead atoms. The van der Waals surface area contributed by atoms with E-state index < -0.39 is 0 Å². The van der Waals surface area contributed by atoms with Crippen LogP contribution >= 0.6 is 23.1 Å². The Morgan fingerprint density at radius 2 is 2.00 bits per heavy atom. The number of nitrogens with zero attached hydrogens (tertiary/aromatic N) is 1. The number of thioether (sulfide) groups is 1. The van der Waals surface area contributed by atoms with Crippen molar-refractivity contribution in [3.8, 4) is 0 Å². The van der Waals surface area contributed by atoms with Gasteiger partial charge in [0.25, 0.3) is 0 Å². The number of ether oxygens (including phenoxy) is 1. The number of hydrogen-bond donors (Lipinski definition) is 0. The van der Waals surface area contributed by atoms with Crippen molar-refractivity contribution < 1.29 is 9.53 Å². The van der Waals surface area contributed by atoms with E-state index in [0.29, 0.717) is 0 Å². The highest BCUT2D eigenvalue weighted by molar-refractivity contribution is 8.04. The minimum absolute atomic E-state index is 0.128. The van der Waals surface area contributed by atoms with Crippen LogP contribution in [0.25, 0.3) is 10.2 Å². The first-order chi connectivity index (χ1) is 12.6. The largest absolute Gasteiger partial charge is 0.486 e. The number of thiazole rings is 1. The predicted octanol–water partition coefficient (Wildman–Crippen LogP) is 6.58. The topological polar surface area (TPSA) is 39.2 Å². The monoisotopic (exact) mass is 389 g/mol. The van der Waals surface area contributed by atoms with Crippen molar-refractivity contribution in [2.24, 2.45) is 5.92 Å². The molecule has 1 aromatic heterocycles. The van der Waals surface area contributed by atoms with Crippen molar-refractivity contribution in [3.63, 3.8) is 0 Å². The Labute approximate surface area is 164 Å². The summed E-state index contributed by atoms with van der Waals surface area (Å²) in [4.78, 5) is 18.0. The Balaban J connectivity index is 1.73. The number of aromatic nitrogens is 1. The van der Waals surface area contributed by atoms with Gasteiger partial charge in [-0.3, -0.25) is 4.79 Å². The molecule has 140 valence electrons. The summed E-state index contributed by atoms with van der Waals surface area (Å²) in [5.41, 5.74) is 1.04. The van der Waals surface area contributed by atoms with Gasteiger partial charge in [-0.15, -0.1) is 11.3 Å². The number of fused-ring (bicyclic) bond motifs is 1. The number of allylic oxidation sites excluding steroid dienone is 1. The number of rotatable bonds is 9. The van der Waals surface area contributed by atoms with Crippen molar-refractivity contribution in [1.29, 1.82) is 0 Å². The Morgan fingerprint density at radius 1 is 1.23 bits per heavy atom. The summed E-state index contributed by atoms with van der Waals surface area (Å²) in [5, 5.41) is 0. The lowest BCUT2D eigenvalue weighted by Crippen LogP contribution is -2.26. The summed E-state index contributed by atoms with van der Waals surface area (Å²) >= 11 is 3.40. The molecule has 2 heterocycles. The molecule has 0 unspecified atom stereocenters. The second kappa shape index (κ2) is 9.05. The van der Waals surface area contributed by atoms with Gasteiger partial charge in [0.15, 0.2) is 16.2 Å². The highest BCUT2D eigenvalue weighted by Gasteiger charge is 2.38. The normalized spacial score (nSPS) is 20.0. The van der Waals surface area contributed by atoms with Crippen LogP contribution in [0.5, 0.6) is 0 Å². The lowest BCUT2D eigenvalue weighted by molar-refractivity contribution is -0.126. The fourth-order valence-corrected chi connectivity index (χ4v) is 5.80. The van der Waals surface area contributed by atoms with Crippen LogP contribution in [0.4, 0.5) is 0 Å². The standard InChI is InChI=1S/C21H27NO2S2/c1-4-5-6-7-8-11-16-19(14(2)23)24-15(3)20(16)26-21-22-17-12-9-10-13-18(17)25-21/h9-10,12-13,16,19H,4-8,11H2,1-3H3/t16-,19-/m1/s1. The molecule has 0 saturated heterocycles. The fourth-order valence-electron chi connectivity index (χ4n) is 3.48. The van der Waals surface area contributed by atoms with E-state index in [4.69, 9.17) is 9.72 Å². The molecule has 5 heteroatoms. The van der Waals surface area contributed by atoms with E-state index in [9.17, 15) is 4.79 Å². The second-order valence-corrected chi connectivity index (χ2v) is 9.25. The van der Waals surface area contributed by atoms with Crippen molar-refractivity contribution >= 4 is 39.1 Å². The van der Waals surface area contributed by atoms with Gasteiger partial charge in [-0.05, 0) is 32.4 Å². The van der Waals surface area contributed by atoms with E-state index in [2.05, 4.69) is 13.0 Å². The van der Waals surface area contributed by atoms with Crippen LogP contribution in [0.3, 0.4) is 0 Å². The number of hydrogen-bond acceptors (Lipinski definition) is 5. The van der Waals surface area contributed by atoms with E-state index in [1.807, 2.05) is 25.1 Å². The van der Waals surface area contributed by atoms with E-state index in [-0.39, 0.29) is 17.8 Å². The molecule has 1 aliphatic heterocycles. The molecule has 3 nitrogen and oxygen atoms in total. The van der Waals surface area contributed by atoms with Crippen molar-refractivity contribution in [2.45, 2.75) is 69.7 Å². The molecule has 26 heavy (non-hydrogen) atoms. The van der Waals surface area contributed by atoms with Gasteiger partial charge < -0.3 is 4.74 Å². The van der Waals surface area contributed by atoms with Crippen LogP contribution in [0, 0.1) is 5.92 Å². The van der Waals surface area contributed by atoms with Gasteiger partial charge in [-0.1, -0.05) is 62.9 Å². The third-order valence-corrected chi connectivity index (χ3v) is 7.25. The zero-order chi connectivity index (χ0) is 18.5. The predicted molar refractivity (Wildman–Crippen MR) is 111 cm³/mol. The van der Waals surface area contributed by atoms with Crippen LogP contribution in [0.2, 0.25) is 0 Å². The maximum absolute atomic E-state index is 12.1. The first-order valence-electron chi connectivity index (χ1n) is 9.51. The van der Waals surface area contributed by atoms with Crippen molar-refractivity contribution in [2.75, 3.05) is 0 Å². The summed E-state index contributed by atoms with van der Waals surface area (Å²) < 4.78 is 8.19. The van der Waals surface area contributed by atoms with Gasteiger partial charge in [-0.25, -0.2) is 4.98 Å². The molecule has 1 aromatic carbocycles. The molecular formula is C21H27NO2S2. The summed E-state index contributed by atoms with van der Waals surface area (Å²) in [7, 11) is 0. The van der Waals surface area contributed by atoms with Crippen LogP contribution in [-0.2, 0) is 9.53 Å². The molecule has 0 radical (unpaired) electrons. The van der Waals surface area contributed by atoms with E-state index in [0.717, 1.165) is 28.5 Å². The van der Waals surface area contributed by atoms with Crippen LogP contribution in [-0.4, -0.2) is 16.9 Å². The Bertz CT molecular complexity index is 763. The number of benzene rings is 1. The van der Waals surface area contributed by atoms with E-state index in [1.165, 1.54) is 35.3 Å². The maximum atomic E-state index is 12.1. The minimum atomic E-state index is -0.321. The molecule has 0 amide bonds. The molecular weight excluding hydrogens is 362 g/mol. The second-order valence-electron chi connectivity index (χ2n) is 6.93. The summed E-state index contributed by atoms with van der Waals surface area (Å²) in [6, 6.07) is 8.21. The average molecular weight is 390 g/mol. The van der Waals surface area contributed by atoms with E-state index in [1.54, 1.807) is 30.0 Å². The molecule has 0 fully saturated rings. The molecule has 0 aliphatic carbocycles. The summed E-state index contributed by atoms with van der Waals surface area (Å²) in [5.74, 6) is 1.20. The molecule has 3 rings (SSSR count). The van der Waals surface area contributed by atoms with Crippen LogP contribution in [0.1, 0.15) is 59.3 Å². The molecule has 0 N–H and O–H groups in total. The molecule has 2 aromatic rings. The molecule has 2 atom stereocenters. The number of Topliss-reactive ketones (excluding diaryl/α,β-unsaturated/α-hetero) is 1. The van der Waals surface area contributed by atoms with Gasteiger partial charge in [0.05, 0.1) is 10.2 Å². The number of carbonyl (C=O) groups excluding carboxylic acids is 1. The zero-order valence-electron chi connectivity index (χ0n) is 15.8. The first kappa shape index (κ1) is 19.4. The highest BCUT2D eigenvalue weighted by atomic mass is 32.2. The van der Waals surface area contributed by atoms with E-state index >= 15 is 0 Å². The summed E-state index contributed by atoms with van der Waals surface area (Å²) in [6.45, 7) is 5.87. The Morgan fingerprint density at radius 3 is 2.73 bits per heavy atom. The third-order valence-electron chi connectivity index (χ3n) is 4.84. The van der Waals surface area contributed by atoms with Crippen LogP contribution in [0.15, 0.2) is 39.3 Å².